The molecule has 1 fully saturated rings. The molecule has 0 aliphatic heterocycles. The van der Waals surface area contributed by atoms with Gasteiger partial charge in [0.2, 0.25) is 0 Å². The molecule has 0 saturated heterocycles. The van der Waals surface area contributed by atoms with Crippen LogP contribution in [0.2, 0.25) is 0 Å². The molecule has 1 aromatic rings. The minimum Gasteiger partial charge on any atom is -0.452 e. The first-order valence-electron chi connectivity index (χ1n) is 6.13. The van der Waals surface area contributed by atoms with E-state index in [1.54, 1.807) is 12.3 Å². The summed E-state index contributed by atoms with van der Waals surface area (Å²) in [4.78, 5) is 27.1. The van der Waals surface area contributed by atoms with Crippen LogP contribution in [-0.4, -0.2) is 29.5 Å². The molecule has 2 rings (SSSR count). The Morgan fingerprint density at radius 3 is 2.89 bits per heavy atom. The summed E-state index contributed by atoms with van der Waals surface area (Å²) in [6, 6.07) is 1.75. The third-order valence-electron chi connectivity index (χ3n) is 2.99. The number of hydrogen-bond acceptors (Lipinski definition) is 4. The second kappa shape index (κ2) is 6.14. The van der Waals surface area contributed by atoms with Gasteiger partial charge in [-0.25, -0.2) is 4.79 Å². The Morgan fingerprint density at radius 2 is 2.26 bits per heavy atom. The van der Waals surface area contributed by atoms with Crippen LogP contribution >= 0.6 is 15.9 Å². The molecular weight excluding hydrogens is 312 g/mol. The molecule has 0 unspecified atom stereocenters. The Labute approximate surface area is 119 Å². The summed E-state index contributed by atoms with van der Waals surface area (Å²) in [5.41, 5.74) is 0.317. The Bertz CT molecular complexity index is 489. The monoisotopic (exact) mass is 326 g/mol. The van der Waals surface area contributed by atoms with E-state index in [9.17, 15) is 9.59 Å². The van der Waals surface area contributed by atoms with Crippen molar-refractivity contribution in [3.8, 4) is 0 Å². The Kier molecular flexibility index (Phi) is 4.52. The van der Waals surface area contributed by atoms with E-state index in [0.29, 0.717) is 16.0 Å². The predicted molar refractivity (Wildman–Crippen MR) is 72.5 cm³/mol. The van der Waals surface area contributed by atoms with Crippen molar-refractivity contribution < 1.29 is 14.3 Å². The molecule has 0 aromatic carbocycles. The van der Waals surface area contributed by atoms with E-state index in [2.05, 4.69) is 26.2 Å². The number of aromatic nitrogens is 1. The number of carbonyl (C=O) groups is 2. The first-order chi connectivity index (χ1) is 9.06. The van der Waals surface area contributed by atoms with Gasteiger partial charge < -0.3 is 10.1 Å². The molecule has 1 atom stereocenters. The topological polar surface area (TPSA) is 68.3 Å². The maximum Gasteiger partial charge on any atom is 0.340 e. The van der Waals surface area contributed by atoms with Crippen LogP contribution in [0.25, 0.3) is 0 Å². The second-order valence-corrected chi connectivity index (χ2v) is 5.58. The van der Waals surface area contributed by atoms with Crippen molar-refractivity contribution in [2.24, 2.45) is 5.92 Å². The fourth-order valence-corrected chi connectivity index (χ4v) is 2.11. The van der Waals surface area contributed by atoms with Crippen LogP contribution in [0, 0.1) is 5.92 Å². The number of carbonyl (C=O) groups excluding carboxylic acids is 2. The van der Waals surface area contributed by atoms with Crippen LogP contribution in [0.1, 0.15) is 30.1 Å². The van der Waals surface area contributed by atoms with Crippen LogP contribution in [0.5, 0.6) is 0 Å². The van der Waals surface area contributed by atoms with Gasteiger partial charge in [0.1, 0.15) is 0 Å². The quantitative estimate of drug-likeness (QED) is 0.839. The fraction of sp³-hybridized carbons (Fsp3) is 0.462. The summed E-state index contributed by atoms with van der Waals surface area (Å²) in [6.45, 7) is 1.71. The Hall–Kier alpha value is -1.43. The van der Waals surface area contributed by atoms with Gasteiger partial charge in [-0.1, -0.05) is 0 Å². The van der Waals surface area contributed by atoms with Gasteiger partial charge >= 0.3 is 5.97 Å². The summed E-state index contributed by atoms with van der Waals surface area (Å²) in [6.07, 6.45) is 5.29. The average Bonchev–Trinajstić information content (AvgIpc) is 3.20. The highest BCUT2D eigenvalue weighted by Gasteiger charge is 2.28. The minimum absolute atomic E-state index is 0.152. The average molecular weight is 327 g/mol. The number of nitrogens with one attached hydrogen (secondary N) is 1. The van der Waals surface area contributed by atoms with Gasteiger partial charge in [-0.05, 0) is 47.7 Å². The number of amides is 1. The molecule has 1 aliphatic carbocycles. The highest BCUT2D eigenvalue weighted by Crippen LogP contribution is 2.32. The number of esters is 1. The summed E-state index contributed by atoms with van der Waals surface area (Å²) in [5, 5.41) is 2.82. The molecular formula is C13H15BrN2O3. The van der Waals surface area contributed by atoms with Crippen molar-refractivity contribution in [3.05, 3.63) is 28.5 Å². The van der Waals surface area contributed by atoms with Crippen molar-refractivity contribution >= 4 is 27.8 Å². The minimum atomic E-state index is -0.553. The van der Waals surface area contributed by atoms with Crippen LogP contribution in [0.15, 0.2) is 22.9 Å². The van der Waals surface area contributed by atoms with E-state index < -0.39 is 5.97 Å². The third-order valence-corrected chi connectivity index (χ3v) is 3.43. The molecule has 1 aliphatic rings. The highest BCUT2D eigenvalue weighted by atomic mass is 79.9. The number of halogens is 1. The lowest BCUT2D eigenvalue weighted by Crippen LogP contribution is -2.37. The first kappa shape index (κ1) is 14.0. The molecule has 6 heteroatoms. The van der Waals surface area contributed by atoms with Gasteiger partial charge in [0.05, 0.1) is 5.56 Å². The van der Waals surface area contributed by atoms with Crippen LogP contribution in [0.3, 0.4) is 0 Å². The lowest BCUT2D eigenvalue weighted by molar-refractivity contribution is -0.124. The van der Waals surface area contributed by atoms with Crippen molar-refractivity contribution in [2.75, 3.05) is 6.61 Å². The summed E-state index contributed by atoms with van der Waals surface area (Å²) in [7, 11) is 0. The van der Waals surface area contributed by atoms with Gasteiger partial charge in [-0.3, -0.25) is 9.78 Å². The van der Waals surface area contributed by atoms with E-state index in [-0.39, 0.29) is 18.6 Å². The summed E-state index contributed by atoms with van der Waals surface area (Å²) >= 11 is 3.22. The predicted octanol–water partition coefficient (Wildman–Crippen LogP) is 1.92. The molecule has 1 amide bonds. The largest absolute Gasteiger partial charge is 0.452 e. The van der Waals surface area contributed by atoms with Crippen molar-refractivity contribution in [1.82, 2.24) is 10.3 Å². The fourth-order valence-electron chi connectivity index (χ4n) is 1.75. The number of pyridine rings is 1. The van der Waals surface area contributed by atoms with Crippen molar-refractivity contribution in [2.45, 2.75) is 25.8 Å². The molecule has 0 bridgehead atoms. The van der Waals surface area contributed by atoms with Crippen LogP contribution in [0.4, 0.5) is 0 Å². The standard InChI is InChI=1S/C13H15BrN2O3/c1-8(9-2-3-9)16-12(17)7-19-13(18)10-4-11(14)6-15-5-10/h4-6,8-9H,2-3,7H2,1H3,(H,16,17)/t8-/m0/s1. The molecule has 0 radical (unpaired) electrons. The maximum absolute atomic E-state index is 11.7. The maximum atomic E-state index is 11.7. The van der Waals surface area contributed by atoms with E-state index in [4.69, 9.17) is 4.74 Å². The van der Waals surface area contributed by atoms with Crippen LogP contribution < -0.4 is 5.32 Å². The van der Waals surface area contributed by atoms with Gasteiger partial charge in [0.25, 0.3) is 5.91 Å². The molecule has 5 nitrogen and oxygen atoms in total. The second-order valence-electron chi connectivity index (χ2n) is 4.66. The summed E-state index contributed by atoms with van der Waals surface area (Å²) < 4.78 is 5.62. The number of rotatable bonds is 5. The molecule has 1 heterocycles. The van der Waals surface area contributed by atoms with E-state index in [0.717, 1.165) is 12.8 Å². The molecule has 19 heavy (non-hydrogen) atoms. The van der Waals surface area contributed by atoms with E-state index in [1.807, 2.05) is 6.92 Å². The zero-order valence-electron chi connectivity index (χ0n) is 10.6. The summed E-state index contributed by atoms with van der Waals surface area (Å²) in [5.74, 6) is -0.243. The lowest BCUT2D eigenvalue weighted by Gasteiger charge is -2.12. The first-order valence-corrected chi connectivity index (χ1v) is 6.92. The molecule has 1 aromatic heterocycles. The molecule has 102 valence electrons. The van der Waals surface area contributed by atoms with E-state index >= 15 is 0 Å². The van der Waals surface area contributed by atoms with Gasteiger partial charge in [0.15, 0.2) is 6.61 Å². The van der Waals surface area contributed by atoms with Gasteiger partial charge in [0, 0.05) is 22.9 Å². The number of hydrogen-bond donors (Lipinski definition) is 1. The Balaban J connectivity index is 1.78. The molecule has 1 saturated carbocycles. The Morgan fingerprint density at radius 1 is 1.53 bits per heavy atom. The highest BCUT2D eigenvalue weighted by molar-refractivity contribution is 9.10. The number of ether oxygens (including phenoxy) is 1. The van der Waals surface area contributed by atoms with Crippen LogP contribution in [-0.2, 0) is 9.53 Å². The van der Waals surface area contributed by atoms with Crippen molar-refractivity contribution in [1.29, 1.82) is 0 Å². The molecule has 0 spiro atoms. The van der Waals surface area contributed by atoms with Gasteiger partial charge in [-0.15, -0.1) is 0 Å². The third kappa shape index (κ3) is 4.31. The molecule has 1 N–H and O–H groups in total. The zero-order valence-corrected chi connectivity index (χ0v) is 12.1. The SMILES string of the molecule is C[C@H](NC(=O)COC(=O)c1cncc(Br)c1)C1CC1. The number of nitrogens with zero attached hydrogens (tertiary/aromatic N) is 1. The van der Waals surface area contributed by atoms with Crippen molar-refractivity contribution in [3.63, 3.8) is 0 Å². The van der Waals surface area contributed by atoms with E-state index in [1.165, 1.54) is 6.20 Å². The zero-order chi connectivity index (χ0) is 13.8. The van der Waals surface area contributed by atoms with Gasteiger partial charge in [-0.2, -0.15) is 0 Å². The smallest absolute Gasteiger partial charge is 0.340 e. The lowest BCUT2D eigenvalue weighted by atomic mass is 10.2. The normalized spacial score (nSPS) is 15.7.